The molecule has 0 aliphatic rings. The molecule has 0 saturated heterocycles. The van der Waals surface area contributed by atoms with Gasteiger partial charge >= 0.3 is 0 Å². The topological polar surface area (TPSA) is 113 Å². The molecule has 0 saturated carbocycles. The first-order valence-corrected chi connectivity index (χ1v) is 5.99. The van der Waals surface area contributed by atoms with Crippen LogP contribution in [0.1, 0.15) is 23.9 Å². The molecule has 0 fully saturated rings. The minimum atomic E-state index is -0.273. The summed E-state index contributed by atoms with van der Waals surface area (Å²) in [5.41, 5.74) is 1.04. The lowest BCUT2D eigenvalue weighted by Crippen LogP contribution is -2.21. The highest BCUT2D eigenvalue weighted by Gasteiger charge is 2.20. The summed E-state index contributed by atoms with van der Waals surface area (Å²) in [5.74, 6) is 0.641. The zero-order valence-corrected chi connectivity index (χ0v) is 10.8. The summed E-state index contributed by atoms with van der Waals surface area (Å²) < 4.78 is 6.32. The van der Waals surface area contributed by atoms with Gasteiger partial charge in [-0.2, -0.15) is 10.2 Å². The molecular formula is C12H10N6O2. The highest BCUT2D eigenvalue weighted by Crippen LogP contribution is 2.19. The number of aryl methyl sites for hydroxylation is 1. The lowest BCUT2D eigenvalue weighted by atomic mass is 10.1. The van der Waals surface area contributed by atoms with Crippen molar-refractivity contribution in [3.63, 3.8) is 0 Å². The minimum Gasteiger partial charge on any atom is -0.332 e. The van der Waals surface area contributed by atoms with Crippen molar-refractivity contribution in [2.24, 2.45) is 0 Å². The first-order chi connectivity index (χ1) is 9.65. The molecule has 3 rings (SSSR count). The van der Waals surface area contributed by atoms with E-state index >= 15 is 0 Å². The van der Waals surface area contributed by atoms with Crippen LogP contribution in [0, 0.1) is 18.3 Å². The summed E-state index contributed by atoms with van der Waals surface area (Å²) in [6.45, 7) is 3.52. The number of hydrogen-bond donors (Lipinski definition) is 1. The maximum atomic E-state index is 12.4. The van der Waals surface area contributed by atoms with Gasteiger partial charge in [0.2, 0.25) is 0 Å². The number of hydrogen-bond acceptors (Lipinski definition) is 6. The fourth-order valence-corrected chi connectivity index (χ4v) is 2.02. The first kappa shape index (κ1) is 12.1. The number of fused-ring (bicyclic) bond motifs is 1. The summed E-state index contributed by atoms with van der Waals surface area (Å²) in [4.78, 5) is 20.8. The Morgan fingerprint density at radius 1 is 1.50 bits per heavy atom. The van der Waals surface area contributed by atoms with Gasteiger partial charge in [-0.1, -0.05) is 12.1 Å². The molecule has 0 radical (unpaired) electrons. The molecule has 0 aromatic carbocycles. The fraction of sp³-hybridized carbons (Fsp3) is 0.250. The van der Waals surface area contributed by atoms with Gasteiger partial charge in [-0.25, -0.2) is 9.50 Å². The zero-order chi connectivity index (χ0) is 14.3. The van der Waals surface area contributed by atoms with Crippen molar-refractivity contribution >= 4 is 5.65 Å². The van der Waals surface area contributed by atoms with Crippen LogP contribution in [0.3, 0.4) is 0 Å². The average Bonchev–Trinajstić information content (AvgIpc) is 3.04. The van der Waals surface area contributed by atoms with E-state index in [1.54, 1.807) is 6.92 Å². The SMILES string of the molecule is CCc1c(-c2nc(C)no2)nc2c(C#N)c[nH]n2c1=O. The average molecular weight is 270 g/mol. The van der Waals surface area contributed by atoms with Crippen LogP contribution < -0.4 is 5.56 Å². The summed E-state index contributed by atoms with van der Waals surface area (Å²) in [6, 6.07) is 1.98. The van der Waals surface area contributed by atoms with Crippen LogP contribution >= 0.6 is 0 Å². The molecule has 1 N–H and O–H groups in total. The quantitative estimate of drug-likeness (QED) is 0.737. The fourth-order valence-electron chi connectivity index (χ4n) is 2.02. The van der Waals surface area contributed by atoms with E-state index in [1.165, 1.54) is 10.7 Å². The maximum Gasteiger partial charge on any atom is 0.277 e. The van der Waals surface area contributed by atoms with Gasteiger partial charge in [-0.05, 0) is 13.3 Å². The van der Waals surface area contributed by atoms with E-state index in [1.807, 2.05) is 13.0 Å². The minimum absolute atomic E-state index is 0.184. The van der Waals surface area contributed by atoms with Gasteiger partial charge in [0.1, 0.15) is 17.3 Å². The Bertz CT molecular complexity index is 895. The standard InChI is InChI=1S/C12H10N6O2/c1-3-8-9(11-15-6(2)17-20-11)16-10-7(4-13)5-14-18(10)12(8)19/h5,14H,3H2,1-2H3. The molecule has 8 nitrogen and oxygen atoms in total. The summed E-state index contributed by atoms with van der Waals surface area (Å²) in [5, 5.41) is 15.4. The number of nitrogens with zero attached hydrogens (tertiary/aromatic N) is 5. The second kappa shape index (κ2) is 4.31. The Balaban J connectivity index is 2.41. The molecule has 0 unspecified atom stereocenters. The number of H-pyrrole nitrogens is 1. The summed E-state index contributed by atoms with van der Waals surface area (Å²) in [7, 11) is 0. The molecule has 3 aromatic heterocycles. The molecule has 3 heterocycles. The Labute approximate surface area is 112 Å². The van der Waals surface area contributed by atoms with Gasteiger partial charge in [0, 0.05) is 6.20 Å². The molecule has 0 bridgehead atoms. The molecule has 20 heavy (non-hydrogen) atoms. The molecule has 100 valence electrons. The van der Waals surface area contributed by atoms with Crippen LogP contribution in [0.4, 0.5) is 0 Å². The Morgan fingerprint density at radius 3 is 2.90 bits per heavy atom. The Morgan fingerprint density at radius 2 is 2.30 bits per heavy atom. The van der Waals surface area contributed by atoms with Crippen LogP contribution in [-0.2, 0) is 6.42 Å². The maximum absolute atomic E-state index is 12.4. The van der Waals surface area contributed by atoms with E-state index in [9.17, 15) is 4.79 Å². The van der Waals surface area contributed by atoms with E-state index < -0.39 is 0 Å². The molecule has 0 aliphatic carbocycles. The Hall–Kier alpha value is -2.95. The highest BCUT2D eigenvalue weighted by atomic mass is 16.5. The van der Waals surface area contributed by atoms with Gasteiger partial charge in [0.15, 0.2) is 11.5 Å². The lowest BCUT2D eigenvalue weighted by Gasteiger charge is -2.03. The van der Waals surface area contributed by atoms with E-state index in [0.717, 1.165) is 0 Å². The number of nitriles is 1. The molecule has 3 aromatic rings. The van der Waals surface area contributed by atoms with Crippen molar-refractivity contribution in [2.45, 2.75) is 20.3 Å². The van der Waals surface area contributed by atoms with Crippen LogP contribution in [-0.4, -0.2) is 24.7 Å². The molecule has 0 amide bonds. The van der Waals surface area contributed by atoms with Crippen molar-refractivity contribution in [2.75, 3.05) is 0 Å². The second-order valence-corrected chi connectivity index (χ2v) is 4.20. The third-order valence-electron chi connectivity index (χ3n) is 2.96. The van der Waals surface area contributed by atoms with E-state index in [2.05, 4.69) is 20.2 Å². The van der Waals surface area contributed by atoms with Gasteiger partial charge in [0.05, 0.1) is 5.56 Å². The van der Waals surface area contributed by atoms with Crippen LogP contribution in [0.15, 0.2) is 15.5 Å². The summed E-state index contributed by atoms with van der Waals surface area (Å²) >= 11 is 0. The number of nitrogens with one attached hydrogen (secondary N) is 1. The highest BCUT2D eigenvalue weighted by molar-refractivity contribution is 5.62. The molecular weight excluding hydrogens is 260 g/mol. The molecule has 0 spiro atoms. The molecule has 0 aliphatic heterocycles. The predicted octanol–water partition coefficient (Wildman–Crippen LogP) is 0.815. The number of rotatable bonds is 2. The lowest BCUT2D eigenvalue weighted by molar-refractivity contribution is 0.424. The molecule has 8 heteroatoms. The first-order valence-electron chi connectivity index (χ1n) is 5.99. The normalized spacial score (nSPS) is 10.8. The van der Waals surface area contributed by atoms with Crippen LogP contribution in [0.25, 0.3) is 17.2 Å². The van der Waals surface area contributed by atoms with E-state index in [0.29, 0.717) is 23.5 Å². The zero-order valence-electron chi connectivity index (χ0n) is 10.8. The largest absolute Gasteiger partial charge is 0.332 e. The van der Waals surface area contributed by atoms with Crippen molar-refractivity contribution in [1.82, 2.24) is 24.7 Å². The van der Waals surface area contributed by atoms with E-state index in [-0.39, 0.29) is 22.7 Å². The van der Waals surface area contributed by atoms with Gasteiger partial charge in [0.25, 0.3) is 11.4 Å². The Kier molecular flexibility index (Phi) is 2.61. The van der Waals surface area contributed by atoms with E-state index in [4.69, 9.17) is 9.78 Å². The van der Waals surface area contributed by atoms with Crippen LogP contribution in [0.2, 0.25) is 0 Å². The smallest absolute Gasteiger partial charge is 0.277 e. The monoisotopic (exact) mass is 270 g/mol. The van der Waals surface area contributed by atoms with Crippen molar-refractivity contribution in [3.05, 3.63) is 33.5 Å². The van der Waals surface area contributed by atoms with Gasteiger partial charge in [-0.15, -0.1) is 0 Å². The predicted molar refractivity (Wildman–Crippen MR) is 67.9 cm³/mol. The third kappa shape index (κ3) is 1.60. The number of aromatic amines is 1. The molecule has 0 atom stereocenters. The van der Waals surface area contributed by atoms with Crippen molar-refractivity contribution < 1.29 is 4.52 Å². The van der Waals surface area contributed by atoms with Gasteiger partial charge < -0.3 is 4.52 Å². The van der Waals surface area contributed by atoms with Crippen LogP contribution in [0.5, 0.6) is 0 Å². The van der Waals surface area contributed by atoms with Crippen molar-refractivity contribution in [3.8, 4) is 17.7 Å². The number of aromatic nitrogens is 5. The van der Waals surface area contributed by atoms with Crippen molar-refractivity contribution in [1.29, 1.82) is 5.26 Å². The third-order valence-corrected chi connectivity index (χ3v) is 2.96. The van der Waals surface area contributed by atoms with Gasteiger partial charge in [-0.3, -0.25) is 9.89 Å². The second-order valence-electron chi connectivity index (χ2n) is 4.20. The summed E-state index contributed by atoms with van der Waals surface area (Å²) in [6.07, 6.45) is 1.90.